The van der Waals surface area contributed by atoms with Crippen molar-refractivity contribution in [3.05, 3.63) is 0 Å². The van der Waals surface area contributed by atoms with E-state index in [9.17, 15) is 14.7 Å². The molecule has 0 bridgehead atoms. The van der Waals surface area contributed by atoms with Crippen LogP contribution in [0, 0.1) is 5.92 Å². The Labute approximate surface area is 101 Å². The summed E-state index contributed by atoms with van der Waals surface area (Å²) in [7, 11) is 0. The maximum absolute atomic E-state index is 11.8. The lowest BCUT2D eigenvalue weighted by molar-refractivity contribution is -0.171. The third-order valence-corrected chi connectivity index (χ3v) is 3.92. The molecular formula is C12H19NO4. The Morgan fingerprint density at radius 3 is 2.29 bits per heavy atom. The van der Waals surface area contributed by atoms with E-state index in [1.54, 1.807) is 0 Å². The van der Waals surface area contributed by atoms with E-state index in [4.69, 9.17) is 4.74 Å². The number of carbonyl (C=O) groups is 2. The van der Waals surface area contributed by atoms with E-state index in [-0.39, 0.29) is 31.6 Å². The van der Waals surface area contributed by atoms with Crippen molar-refractivity contribution >= 4 is 11.8 Å². The predicted octanol–water partition coefficient (Wildman–Crippen LogP) is 0.313. The molecule has 1 aliphatic heterocycles. The van der Waals surface area contributed by atoms with Crippen molar-refractivity contribution in [1.29, 1.82) is 0 Å². The van der Waals surface area contributed by atoms with Crippen LogP contribution in [0.25, 0.3) is 0 Å². The molecule has 1 saturated carbocycles. The van der Waals surface area contributed by atoms with Crippen LogP contribution < -0.4 is 0 Å². The highest BCUT2D eigenvalue weighted by Crippen LogP contribution is 2.37. The summed E-state index contributed by atoms with van der Waals surface area (Å²) in [5.41, 5.74) is -0.676. The van der Waals surface area contributed by atoms with Crippen molar-refractivity contribution in [1.82, 2.24) is 4.90 Å². The lowest BCUT2D eigenvalue weighted by Gasteiger charge is -2.46. The van der Waals surface area contributed by atoms with E-state index in [0.717, 1.165) is 12.8 Å². The number of aliphatic hydroxyl groups is 1. The molecule has 2 rings (SSSR count). The number of nitrogens with zero attached hydrogens (tertiary/aromatic N) is 1. The normalized spacial score (nSPS) is 35.2. The van der Waals surface area contributed by atoms with E-state index in [0.29, 0.717) is 18.8 Å². The van der Waals surface area contributed by atoms with Crippen LogP contribution in [0.1, 0.15) is 32.6 Å². The fraction of sp³-hybridized carbons (Fsp3) is 0.833. The first kappa shape index (κ1) is 12.5. The van der Waals surface area contributed by atoms with Gasteiger partial charge < -0.3 is 9.84 Å². The van der Waals surface area contributed by atoms with Gasteiger partial charge in [-0.3, -0.25) is 14.5 Å². The topological polar surface area (TPSA) is 66.8 Å². The van der Waals surface area contributed by atoms with Crippen molar-refractivity contribution in [2.75, 3.05) is 19.8 Å². The van der Waals surface area contributed by atoms with Gasteiger partial charge in [-0.15, -0.1) is 0 Å². The Morgan fingerprint density at radius 1 is 1.29 bits per heavy atom. The third kappa shape index (κ3) is 2.21. The zero-order valence-corrected chi connectivity index (χ0v) is 10.1. The first-order valence-electron chi connectivity index (χ1n) is 6.13. The van der Waals surface area contributed by atoms with Crippen LogP contribution in [-0.4, -0.2) is 47.2 Å². The molecule has 96 valence electrons. The maximum atomic E-state index is 11.8. The quantitative estimate of drug-likeness (QED) is 0.707. The van der Waals surface area contributed by atoms with Crippen LogP contribution in [0.5, 0.6) is 0 Å². The van der Waals surface area contributed by atoms with Crippen LogP contribution >= 0.6 is 0 Å². The van der Waals surface area contributed by atoms with E-state index in [2.05, 4.69) is 6.92 Å². The van der Waals surface area contributed by atoms with E-state index >= 15 is 0 Å². The van der Waals surface area contributed by atoms with Gasteiger partial charge in [0.25, 0.3) is 11.8 Å². The number of aliphatic hydroxyl groups excluding tert-OH is 1. The number of ether oxygens (including phenoxy) is 1. The Bertz CT molecular complexity index is 304. The van der Waals surface area contributed by atoms with E-state index < -0.39 is 5.54 Å². The van der Waals surface area contributed by atoms with Gasteiger partial charge in [-0.1, -0.05) is 6.92 Å². The number of rotatable bonds is 2. The molecular weight excluding hydrogens is 222 g/mol. The second-order valence-corrected chi connectivity index (χ2v) is 5.18. The molecule has 0 aromatic carbocycles. The fourth-order valence-corrected chi connectivity index (χ4v) is 2.77. The largest absolute Gasteiger partial charge is 0.394 e. The first-order chi connectivity index (χ1) is 8.09. The summed E-state index contributed by atoms with van der Waals surface area (Å²) >= 11 is 0. The van der Waals surface area contributed by atoms with Gasteiger partial charge in [-0.2, -0.15) is 0 Å². The Balaban J connectivity index is 2.21. The van der Waals surface area contributed by atoms with Gasteiger partial charge in [0.05, 0.1) is 12.1 Å². The van der Waals surface area contributed by atoms with Gasteiger partial charge in [0, 0.05) is 0 Å². The molecule has 0 atom stereocenters. The van der Waals surface area contributed by atoms with Crippen molar-refractivity contribution in [3.63, 3.8) is 0 Å². The minimum absolute atomic E-state index is 0.0525. The molecule has 2 amide bonds. The van der Waals surface area contributed by atoms with E-state index in [1.807, 2.05) is 0 Å². The summed E-state index contributed by atoms with van der Waals surface area (Å²) in [5, 5.41) is 9.63. The Hall–Kier alpha value is -0.940. The van der Waals surface area contributed by atoms with Crippen molar-refractivity contribution in [3.8, 4) is 0 Å². The summed E-state index contributed by atoms with van der Waals surface area (Å²) in [6.07, 6.45) is 3.28. The number of hydrogen-bond acceptors (Lipinski definition) is 4. The number of amides is 2. The second-order valence-electron chi connectivity index (χ2n) is 5.18. The molecule has 1 saturated heterocycles. The van der Waals surface area contributed by atoms with Gasteiger partial charge in [0.15, 0.2) is 0 Å². The number of imide groups is 1. The molecule has 5 heteroatoms. The number of morpholine rings is 1. The monoisotopic (exact) mass is 241 g/mol. The third-order valence-electron chi connectivity index (χ3n) is 3.92. The fourth-order valence-electron chi connectivity index (χ4n) is 2.77. The van der Waals surface area contributed by atoms with Crippen molar-refractivity contribution in [2.45, 2.75) is 38.1 Å². The highest BCUT2D eigenvalue weighted by atomic mass is 16.5. The first-order valence-corrected chi connectivity index (χ1v) is 6.13. The van der Waals surface area contributed by atoms with Crippen molar-refractivity contribution in [2.24, 2.45) is 5.92 Å². The predicted molar refractivity (Wildman–Crippen MR) is 60.1 cm³/mol. The molecule has 1 heterocycles. The minimum atomic E-state index is -0.676. The average Bonchev–Trinajstić information content (AvgIpc) is 2.32. The maximum Gasteiger partial charge on any atom is 0.255 e. The molecule has 0 unspecified atom stereocenters. The summed E-state index contributed by atoms with van der Waals surface area (Å²) in [5.74, 6) is -0.0318. The second kappa shape index (κ2) is 4.74. The summed E-state index contributed by atoms with van der Waals surface area (Å²) in [4.78, 5) is 24.9. The van der Waals surface area contributed by atoms with Crippen LogP contribution in [0.4, 0.5) is 0 Å². The molecule has 2 aliphatic rings. The molecule has 0 spiro atoms. The van der Waals surface area contributed by atoms with E-state index in [1.165, 1.54) is 4.90 Å². The lowest BCUT2D eigenvalue weighted by atomic mass is 9.76. The average molecular weight is 241 g/mol. The zero-order valence-electron chi connectivity index (χ0n) is 10.1. The highest BCUT2D eigenvalue weighted by molar-refractivity contribution is 5.99. The standard InChI is InChI=1S/C12H19NO4/c1-9-2-4-12(8-14,5-3-9)13-10(15)6-17-7-11(13)16/h9,14H,2-8H2,1H3. The molecule has 0 aromatic rings. The Morgan fingerprint density at radius 2 is 1.82 bits per heavy atom. The van der Waals surface area contributed by atoms with Gasteiger partial charge in [-0.25, -0.2) is 0 Å². The number of carbonyl (C=O) groups excluding carboxylic acids is 2. The molecule has 1 aliphatic carbocycles. The van der Waals surface area contributed by atoms with Gasteiger partial charge in [0.1, 0.15) is 13.2 Å². The van der Waals surface area contributed by atoms with Crippen LogP contribution in [-0.2, 0) is 14.3 Å². The lowest BCUT2D eigenvalue weighted by Crippen LogP contribution is -2.62. The van der Waals surface area contributed by atoms with Crippen LogP contribution in [0.3, 0.4) is 0 Å². The van der Waals surface area contributed by atoms with Crippen LogP contribution in [0.15, 0.2) is 0 Å². The summed E-state index contributed by atoms with van der Waals surface area (Å²) in [6.45, 7) is 1.91. The van der Waals surface area contributed by atoms with Gasteiger partial charge in [-0.05, 0) is 31.6 Å². The molecule has 17 heavy (non-hydrogen) atoms. The smallest absolute Gasteiger partial charge is 0.255 e. The highest BCUT2D eigenvalue weighted by Gasteiger charge is 2.46. The van der Waals surface area contributed by atoms with Crippen LogP contribution in [0.2, 0.25) is 0 Å². The Kier molecular flexibility index (Phi) is 3.49. The SMILES string of the molecule is CC1CCC(CO)(N2C(=O)COCC2=O)CC1. The molecule has 2 fully saturated rings. The number of hydrogen-bond donors (Lipinski definition) is 1. The summed E-state index contributed by atoms with van der Waals surface area (Å²) < 4.78 is 4.90. The summed E-state index contributed by atoms with van der Waals surface area (Å²) in [6, 6.07) is 0. The zero-order chi connectivity index (χ0) is 12.5. The molecule has 0 aromatic heterocycles. The van der Waals surface area contributed by atoms with Crippen molar-refractivity contribution < 1.29 is 19.4 Å². The molecule has 5 nitrogen and oxygen atoms in total. The molecule has 0 radical (unpaired) electrons. The van der Waals surface area contributed by atoms with Gasteiger partial charge in [0.2, 0.25) is 0 Å². The minimum Gasteiger partial charge on any atom is -0.394 e. The molecule has 1 N–H and O–H groups in total. The van der Waals surface area contributed by atoms with Gasteiger partial charge >= 0.3 is 0 Å².